The van der Waals surface area contributed by atoms with E-state index in [1.54, 1.807) is 0 Å². The molecular formula is C6H10N2. The normalized spacial score (nSPS) is 43.0. The minimum Gasteiger partial charge on any atom is -0.257 e. The third-order valence-corrected chi connectivity index (χ3v) is 1.92. The summed E-state index contributed by atoms with van der Waals surface area (Å²) >= 11 is 0. The summed E-state index contributed by atoms with van der Waals surface area (Å²) in [7, 11) is 0. The number of nitrogens with one attached hydrogen (secondary N) is 2. The summed E-state index contributed by atoms with van der Waals surface area (Å²) in [5.41, 5.74) is 6.30. The van der Waals surface area contributed by atoms with Crippen LogP contribution >= 0.6 is 0 Å². The van der Waals surface area contributed by atoms with E-state index in [-0.39, 0.29) is 0 Å². The van der Waals surface area contributed by atoms with Crippen LogP contribution in [0.25, 0.3) is 0 Å². The van der Waals surface area contributed by atoms with Crippen LogP contribution in [0.15, 0.2) is 12.2 Å². The van der Waals surface area contributed by atoms with Gasteiger partial charge in [0.15, 0.2) is 0 Å². The van der Waals surface area contributed by atoms with Crippen LogP contribution in [-0.2, 0) is 0 Å². The Morgan fingerprint density at radius 1 is 1.50 bits per heavy atom. The van der Waals surface area contributed by atoms with Crippen LogP contribution in [0.4, 0.5) is 0 Å². The molecule has 2 rings (SSSR count). The second-order valence-corrected chi connectivity index (χ2v) is 2.47. The summed E-state index contributed by atoms with van der Waals surface area (Å²) in [6.07, 6.45) is 5.75. The molecule has 0 spiro atoms. The highest BCUT2D eigenvalue weighted by atomic mass is 15.4. The molecule has 1 heterocycles. The quantitative estimate of drug-likeness (QED) is 0.430. The minimum absolute atomic E-state index is 0.634. The summed E-state index contributed by atoms with van der Waals surface area (Å²) in [5.74, 6) is 0.843. The second-order valence-electron chi connectivity index (χ2n) is 2.47. The monoisotopic (exact) mass is 110 g/mol. The average Bonchev–Trinajstić information content (AvgIpc) is 2.15. The summed E-state index contributed by atoms with van der Waals surface area (Å²) < 4.78 is 0. The summed E-state index contributed by atoms with van der Waals surface area (Å²) in [5, 5.41) is 0. The Hall–Kier alpha value is -0.340. The standard InChI is InChI=1S/C6H10N2/c1-2-5-4-7-8-6(5)3-1/h1,3,5-8H,2,4H2. The zero-order valence-corrected chi connectivity index (χ0v) is 4.72. The Labute approximate surface area is 48.9 Å². The van der Waals surface area contributed by atoms with E-state index >= 15 is 0 Å². The van der Waals surface area contributed by atoms with Crippen molar-refractivity contribution >= 4 is 0 Å². The first-order valence-corrected chi connectivity index (χ1v) is 3.12. The van der Waals surface area contributed by atoms with E-state index in [0.29, 0.717) is 6.04 Å². The predicted octanol–water partition coefficient (Wildman–Crippen LogP) is 0.0389. The number of allylic oxidation sites excluding steroid dienone is 1. The maximum Gasteiger partial charge on any atom is 0.0436 e. The molecule has 0 amide bonds. The molecule has 0 aromatic carbocycles. The van der Waals surface area contributed by atoms with E-state index in [9.17, 15) is 0 Å². The molecule has 0 aromatic rings. The minimum atomic E-state index is 0.634. The topological polar surface area (TPSA) is 24.1 Å². The van der Waals surface area contributed by atoms with Crippen molar-refractivity contribution in [1.82, 2.24) is 10.9 Å². The number of hydrogen-bond donors (Lipinski definition) is 2. The van der Waals surface area contributed by atoms with Crippen LogP contribution in [0.3, 0.4) is 0 Å². The number of hydrogen-bond acceptors (Lipinski definition) is 2. The first-order valence-electron chi connectivity index (χ1n) is 3.12. The highest BCUT2D eigenvalue weighted by molar-refractivity contribution is 5.07. The van der Waals surface area contributed by atoms with E-state index in [1.807, 2.05) is 0 Å². The molecule has 1 saturated heterocycles. The summed E-state index contributed by atoms with van der Waals surface area (Å²) in [6, 6.07) is 0.634. The maximum atomic E-state index is 3.18. The number of rotatable bonds is 0. The molecule has 2 atom stereocenters. The van der Waals surface area contributed by atoms with Gasteiger partial charge in [-0.2, -0.15) is 0 Å². The van der Waals surface area contributed by atoms with Crippen LogP contribution in [0, 0.1) is 5.92 Å². The van der Waals surface area contributed by atoms with Crippen LogP contribution in [0.5, 0.6) is 0 Å². The van der Waals surface area contributed by atoms with Gasteiger partial charge in [-0.3, -0.25) is 10.9 Å². The molecule has 1 fully saturated rings. The molecule has 44 valence electrons. The lowest BCUT2D eigenvalue weighted by Gasteiger charge is -2.02. The van der Waals surface area contributed by atoms with Crippen LogP contribution in [-0.4, -0.2) is 12.6 Å². The van der Waals surface area contributed by atoms with E-state index in [1.165, 1.54) is 6.42 Å². The third kappa shape index (κ3) is 0.501. The Morgan fingerprint density at radius 2 is 2.50 bits per heavy atom. The van der Waals surface area contributed by atoms with Gasteiger partial charge in [-0.15, -0.1) is 0 Å². The lowest BCUT2D eigenvalue weighted by molar-refractivity contribution is 0.570. The fraction of sp³-hybridized carbons (Fsp3) is 0.667. The van der Waals surface area contributed by atoms with Crippen molar-refractivity contribution in [1.29, 1.82) is 0 Å². The zero-order chi connectivity index (χ0) is 5.40. The molecule has 0 saturated carbocycles. The zero-order valence-electron chi connectivity index (χ0n) is 4.72. The SMILES string of the molecule is C1=CC2NNCC2C1. The molecule has 1 aliphatic carbocycles. The molecule has 0 radical (unpaired) electrons. The molecule has 0 bridgehead atoms. The Balaban J connectivity index is 2.13. The Bertz CT molecular complexity index is 120. The fourth-order valence-electron chi connectivity index (χ4n) is 1.39. The molecule has 2 nitrogen and oxygen atoms in total. The van der Waals surface area contributed by atoms with Gasteiger partial charge < -0.3 is 0 Å². The first kappa shape index (κ1) is 4.53. The summed E-state index contributed by atoms with van der Waals surface area (Å²) in [6.45, 7) is 1.14. The third-order valence-electron chi connectivity index (χ3n) is 1.92. The van der Waals surface area contributed by atoms with E-state index in [4.69, 9.17) is 0 Å². The molecule has 2 heteroatoms. The average molecular weight is 110 g/mol. The van der Waals surface area contributed by atoms with Crippen molar-refractivity contribution in [3.63, 3.8) is 0 Å². The maximum absolute atomic E-state index is 3.18. The highest BCUT2D eigenvalue weighted by Gasteiger charge is 2.26. The molecule has 2 N–H and O–H groups in total. The van der Waals surface area contributed by atoms with Crippen molar-refractivity contribution in [3.8, 4) is 0 Å². The van der Waals surface area contributed by atoms with Gasteiger partial charge in [0.1, 0.15) is 0 Å². The van der Waals surface area contributed by atoms with Gasteiger partial charge in [-0.1, -0.05) is 12.2 Å². The largest absolute Gasteiger partial charge is 0.257 e. The smallest absolute Gasteiger partial charge is 0.0436 e. The van der Waals surface area contributed by atoms with Crippen LogP contribution in [0.2, 0.25) is 0 Å². The molecule has 2 unspecified atom stereocenters. The fourth-order valence-corrected chi connectivity index (χ4v) is 1.39. The van der Waals surface area contributed by atoms with Crippen LogP contribution in [0.1, 0.15) is 6.42 Å². The Morgan fingerprint density at radius 3 is 3.38 bits per heavy atom. The highest BCUT2D eigenvalue weighted by Crippen LogP contribution is 2.19. The predicted molar refractivity (Wildman–Crippen MR) is 32.2 cm³/mol. The lowest BCUT2D eigenvalue weighted by Crippen LogP contribution is -2.28. The van der Waals surface area contributed by atoms with E-state index < -0.39 is 0 Å². The van der Waals surface area contributed by atoms with E-state index in [0.717, 1.165) is 12.5 Å². The molecule has 2 aliphatic rings. The molecule has 0 aromatic heterocycles. The molecule has 1 aliphatic heterocycles. The number of fused-ring (bicyclic) bond motifs is 1. The lowest BCUT2D eigenvalue weighted by atomic mass is 10.1. The summed E-state index contributed by atoms with van der Waals surface area (Å²) in [4.78, 5) is 0. The van der Waals surface area contributed by atoms with Crippen LogP contribution < -0.4 is 10.9 Å². The van der Waals surface area contributed by atoms with Crippen molar-refractivity contribution in [3.05, 3.63) is 12.2 Å². The molecule has 8 heavy (non-hydrogen) atoms. The van der Waals surface area contributed by atoms with Crippen molar-refractivity contribution in [2.24, 2.45) is 5.92 Å². The van der Waals surface area contributed by atoms with Gasteiger partial charge in [0.05, 0.1) is 0 Å². The Kier molecular flexibility index (Phi) is 0.889. The van der Waals surface area contributed by atoms with Gasteiger partial charge in [0, 0.05) is 12.6 Å². The van der Waals surface area contributed by atoms with Crippen molar-refractivity contribution < 1.29 is 0 Å². The van der Waals surface area contributed by atoms with Crippen molar-refractivity contribution in [2.75, 3.05) is 6.54 Å². The molecular weight excluding hydrogens is 100 g/mol. The number of hydrazine groups is 1. The van der Waals surface area contributed by atoms with Gasteiger partial charge in [-0.25, -0.2) is 0 Å². The van der Waals surface area contributed by atoms with Gasteiger partial charge >= 0.3 is 0 Å². The van der Waals surface area contributed by atoms with Gasteiger partial charge in [0.25, 0.3) is 0 Å². The van der Waals surface area contributed by atoms with Crippen molar-refractivity contribution in [2.45, 2.75) is 12.5 Å². The van der Waals surface area contributed by atoms with E-state index in [2.05, 4.69) is 23.0 Å². The first-order chi connectivity index (χ1) is 3.97. The second kappa shape index (κ2) is 1.57. The van der Waals surface area contributed by atoms with Gasteiger partial charge in [-0.05, 0) is 12.3 Å². The van der Waals surface area contributed by atoms with Gasteiger partial charge in [0.2, 0.25) is 0 Å².